The highest BCUT2D eigenvalue weighted by Gasteiger charge is 2.13. The molecule has 3 aromatic rings. The molecule has 0 unspecified atom stereocenters. The average molecular weight is 337 g/mol. The minimum absolute atomic E-state index is 0.548. The van der Waals surface area contributed by atoms with Crippen LogP contribution in [0.3, 0.4) is 0 Å². The van der Waals surface area contributed by atoms with E-state index in [1.807, 2.05) is 23.8 Å². The van der Waals surface area contributed by atoms with Gasteiger partial charge in [-0.15, -0.1) is 0 Å². The van der Waals surface area contributed by atoms with Crippen LogP contribution in [0.5, 0.6) is 0 Å². The summed E-state index contributed by atoms with van der Waals surface area (Å²) in [5.74, 6) is 2.18. The van der Waals surface area contributed by atoms with Gasteiger partial charge in [0.2, 0.25) is 11.7 Å². The Labute approximate surface area is 147 Å². The van der Waals surface area contributed by atoms with Crippen molar-refractivity contribution >= 4 is 0 Å². The standard InChI is InChI=1S/C19H23N5O/c1-15-20-8-11-24(15)14-18-21-19(22-25-18)17-7-5-6-16(12-17)13-23-9-3-2-4-10-23/h5-8,11-12H,2-4,9-10,13-14H2,1H3. The maximum atomic E-state index is 5.42. The molecule has 0 spiro atoms. The smallest absolute Gasteiger partial charge is 0.246 e. The molecule has 1 aliphatic heterocycles. The largest absolute Gasteiger partial charge is 0.337 e. The van der Waals surface area contributed by atoms with Gasteiger partial charge in [0, 0.05) is 24.5 Å². The minimum Gasteiger partial charge on any atom is -0.337 e. The third-order valence-electron chi connectivity index (χ3n) is 4.74. The highest BCUT2D eigenvalue weighted by molar-refractivity contribution is 5.55. The molecule has 1 fully saturated rings. The summed E-state index contributed by atoms with van der Waals surface area (Å²) in [6.45, 7) is 5.89. The summed E-state index contributed by atoms with van der Waals surface area (Å²) < 4.78 is 7.41. The second-order valence-electron chi connectivity index (χ2n) is 6.65. The maximum absolute atomic E-state index is 5.42. The predicted molar refractivity (Wildman–Crippen MR) is 94.9 cm³/mol. The van der Waals surface area contributed by atoms with Gasteiger partial charge in [0.05, 0.1) is 0 Å². The number of hydrogen-bond donors (Lipinski definition) is 0. The van der Waals surface area contributed by atoms with Gasteiger partial charge in [-0.05, 0) is 44.5 Å². The zero-order valence-corrected chi connectivity index (χ0v) is 14.6. The number of likely N-dealkylation sites (tertiary alicyclic amines) is 1. The second-order valence-corrected chi connectivity index (χ2v) is 6.65. The Morgan fingerprint density at radius 1 is 1.12 bits per heavy atom. The Bertz CT molecular complexity index is 832. The van der Waals surface area contributed by atoms with Crippen LogP contribution in [0.25, 0.3) is 11.4 Å². The van der Waals surface area contributed by atoms with Crippen molar-refractivity contribution in [2.75, 3.05) is 13.1 Å². The van der Waals surface area contributed by atoms with Gasteiger partial charge in [0.25, 0.3) is 0 Å². The Hall–Kier alpha value is -2.47. The van der Waals surface area contributed by atoms with Crippen molar-refractivity contribution in [2.45, 2.75) is 39.3 Å². The van der Waals surface area contributed by atoms with Crippen LogP contribution in [-0.2, 0) is 13.1 Å². The van der Waals surface area contributed by atoms with Gasteiger partial charge in [-0.3, -0.25) is 4.90 Å². The molecule has 1 aromatic carbocycles. The molecule has 6 nitrogen and oxygen atoms in total. The third kappa shape index (κ3) is 3.79. The number of benzene rings is 1. The number of imidazole rings is 1. The summed E-state index contributed by atoms with van der Waals surface area (Å²) in [6.07, 6.45) is 7.66. The van der Waals surface area contributed by atoms with Crippen molar-refractivity contribution in [3.05, 3.63) is 53.9 Å². The molecule has 6 heteroatoms. The van der Waals surface area contributed by atoms with E-state index in [0.29, 0.717) is 18.3 Å². The predicted octanol–water partition coefficient (Wildman–Crippen LogP) is 3.28. The number of hydrogen-bond acceptors (Lipinski definition) is 5. The number of piperidine rings is 1. The molecule has 0 amide bonds. The van der Waals surface area contributed by atoms with E-state index < -0.39 is 0 Å². The first-order valence-corrected chi connectivity index (χ1v) is 8.90. The monoisotopic (exact) mass is 337 g/mol. The molecular formula is C19H23N5O. The summed E-state index contributed by atoms with van der Waals surface area (Å²) in [6, 6.07) is 8.46. The molecule has 0 aliphatic carbocycles. The number of rotatable bonds is 5. The number of aromatic nitrogens is 4. The molecule has 4 rings (SSSR count). The van der Waals surface area contributed by atoms with Gasteiger partial charge >= 0.3 is 0 Å². The molecule has 0 N–H and O–H groups in total. The fourth-order valence-electron chi connectivity index (χ4n) is 3.34. The molecule has 130 valence electrons. The van der Waals surface area contributed by atoms with Crippen LogP contribution in [0.1, 0.15) is 36.5 Å². The first kappa shape index (κ1) is 16.0. The van der Waals surface area contributed by atoms with Gasteiger partial charge < -0.3 is 9.09 Å². The topological polar surface area (TPSA) is 60.0 Å². The molecule has 1 saturated heterocycles. The Balaban J connectivity index is 1.48. The Morgan fingerprint density at radius 2 is 2.00 bits per heavy atom. The molecule has 3 heterocycles. The first-order chi connectivity index (χ1) is 12.3. The van der Waals surface area contributed by atoms with E-state index in [0.717, 1.165) is 17.9 Å². The highest BCUT2D eigenvalue weighted by Crippen LogP contribution is 2.20. The molecule has 1 aliphatic rings. The molecule has 0 radical (unpaired) electrons. The van der Waals surface area contributed by atoms with E-state index in [4.69, 9.17) is 4.52 Å². The summed E-state index contributed by atoms with van der Waals surface area (Å²) in [5, 5.41) is 4.15. The van der Waals surface area contributed by atoms with Gasteiger partial charge in [0.15, 0.2) is 0 Å². The number of aryl methyl sites for hydroxylation is 1. The quantitative estimate of drug-likeness (QED) is 0.715. The summed E-state index contributed by atoms with van der Waals surface area (Å²) in [4.78, 5) is 11.3. The van der Waals surface area contributed by atoms with E-state index >= 15 is 0 Å². The first-order valence-electron chi connectivity index (χ1n) is 8.90. The lowest BCUT2D eigenvalue weighted by Gasteiger charge is -2.26. The van der Waals surface area contributed by atoms with Crippen LogP contribution in [0.2, 0.25) is 0 Å². The third-order valence-corrected chi connectivity index (χ3v) is 4.74. The van der Waals surface area contributed by atoms with Crippen LogP contribution in [0.4, 0.5) is 0 Å². The molecule has 2 aromatic heterocycles. The lowest BCUT2D eigenvalue weighted by molar-refractivity contribution is 0.221. The van der Waals surface area contributed by atoms with Crippen molar-refractivity contribution < 1.29 is 4.52 Å². The summed E-state index contributed by atoms with van der Waals surface area (Å²) >= 11 is 0. The van der Waals surface area contributed by atoms with E-state index in [1.165, 1.54) is 37.9 Å². The molecule has 0 bridgehead atoms. The number of nitrogens with zero attached hydrogens (tertiary/aromatic N) is 5. The zero-order valence-electron chi connectivity index (χ0n) is 14.6. The van der Waals surface area contributed by atoms with E-state index in [2.05, 4.69) is 38.2 Å². The fourth-order valence-corrected chi connectivity index (χ4v) is 3.34. The van der Waals surface area contributed by atoms with Gasteiger partial charge in [-0.1, -0.05) is 29.8 Å². The zero-order chi connectivity index (χ0) is 17.1. The Morgan fingerprint density at radius 3 is 2.80 bits per heavy atom. The van der Waals surface area contributed by atoms with Crippen LogP contribution >= 0.6 is 0 Å². The van der Waals surface area contributed by atoms with Crippen molar-refractivity contribution in [1.82, 2.24) is 24.6 Å². The van der Waals surface area contributed by atoms with Gasteiger partial charge in [-0.2, -0.15) is 4.98 Å². The summed E-state index contributed by atoms with van der Waals surface area (Å²) in [7, 11) is 0. The average Bonchev–Trinajstić information content (AvgIpc) is 3.26. The van der Waals surface area contributed by atoms with Crippen molar-refractivity contribution in [3.8, 4) is 11.4 Å². The molecule has 0 saturated carbocycles. The van der Waals surface area contributed by atoms with Gasteiger partial charge in [-0.25, -0.2) is 4.98 Å². The van der Waals surface area contributed by atoms with E-state index in [9.17, 15) is 0 Å². The lowest BCUT2D eigenvalue weighted by Crippen LogP contribution is -2.29. The molecule has 25 heavy (non-hydrogen) atoms. The highest BCUT2D eigenvalue weighted by atomic mass is 16.5. The lowest BCUT2D eigenvalue weighted by atomic mass is 10.1. The fraction of sp³-hybridized carbons (Fsp3) is 0.421. The van der Waals surface area contributed by atoms with Gasteiger partial charge in [0.1, 0.15) is 12.4 Å². The van der Waals surface area contributed by atoms with Crippen molar-refractivity contribution in [2.24, 2.45) is 0 Å². The molecule has 0 atom stereocenters. The second kappa shape index (κ2) is 7.19. The minimum atomic E-state index is 0.548. The maximum Gasteiger partial charge on any atom is 0.246 e. The summed E-state index contributed by atoms with van der Waals surface area (Å²) in [5.41, 5.74) is 2.31. The van der Waals surface area contributed by atoms with Crippen molar-refractivity contribution in [1.29, 1.82) is 0 Å². The van der Waals surface area contributed by atoms with E-state index in [1.54, 1.807) is 6.20 Å². The Kier molecular flexibility index (Phi) is 4.61. The molecular weight excluding hydrogens is 314 g/mol. The SMILES string of the molecule is Cc1nccn1Cc1nc(-c2cccc(CN3CCCCC3)c2)no1. The van der Waals surface area contributed by atoms with Crippen LogP contribution in [0.15, 0.2) is 41.2 Å². The van der Waals surface area contributed by atoms with Crippen LogP contribution in [-0.4, -0.2) is 37.7 Å². The normalized spacial score (nSPS) is 15.6. The van der Waals surface area contributed by atoms with E-state index in [-0.39, 0.29) is 0 Å². The van der Waals surface area contributed by atoms with Crippen LogP contribution in [0, 0.1) is 6.92 Å². The van der Waals surface area contributed by atoms with Crippen LogP contribution < -0.4 is 0 Å². The van der Waals surface area contributed by atoms with Crippen molar-refractivity contribution in [3.63, 3.8) is 0 Å².